The van der Waals surface area contributed by atoms with E-state index in [0.29, 0.717) is 5.69 Å². The fraction of sp³-hybridized carbons (Fsp3) is 0.421. The van der Waals surface area contributed by atoms with Crippen LogP contribution in [0.1, 0.15) is 25.0 Å². The third kappa shape index (κ3) is 2.92. The normalized spacial score (nSPS) is 21.7. The van der Waals surface area contributed by atoms with Gasteiger partial charge in [-0.25, -0.2) is 14.8 Å². The molecule has 0 aliphatic carbocycles. The third-order valence-electron chi connectivity index (χ3n) is 5.61. The quantitative estimate of drug-likeness (QED) is 0.744. The highest BCUT2D eigenvalue weighted by atomic mass is 16.6. The van der Waals surface area contributed by atoms with Crippen molar-refractivity contribution in [3.05, 3.63) is 42.9 Å². The van der Waals surface area contributed by atoms with Gasteiger partial charge in [-0.2, -0.15) is 0 Å². The molecule has 3 aromatic heterocycles. The number of carbonyl (C=O) groups excluding carboxylic acids is 1. The highest BCUT2D eigenvalue weighted by Crippen LogP contribution is 2.36. The number of hydrogen-bond acceptors (Lipinski definition) is 7. The average Bonchev–Trinajstić information content (AvgIpc) is 3.39. The number of anilines is 1. The van der Waals surface area contributed by atoms with E-state index in [2.05, 4.69) is 29.8 Å². The Hall–Kier alpha value is -3.23. The summed E-state index contributed by atoms with van der Waals surface area (Å²) in [6.07, 6.45) is 10.9. The number of aromatic amines is 1. The fourth-order valence-corrected chi connectivity index (χ4v) is 4.39. The van der Waals surface area contributed by atoms with E-state index in [0.717, 1.165) is 49.2 Å². The number of carbonyl (C=O) groups is 1. The molecule has 2 unspecified atom stereocenters. The number of ether oxygens (including phenoxy) is 1. The van der Waals surface area contributed by atoms with Crippen LogP contribution >= 0.6 is 0 Å². The number of aromatic nitrogens is 5. The Morgan fingerprint density at radius 3 is 3.04 bits per heavy atom. The van der Waals surface area contributed by atoms with Crippen molar-refractivity contribution in [3.8, 4) is 0 Å². The number of nitrogens with one attached hydrogen (secondary N) is 1. The Morgan fingerprint density at radius 1 is 1.18 bits per heavy atom. The highest BCUT2D eigenvalue weighted by Gasteiger charge is 2.43. The van der Waals surface area contributed by atoms with Crippen LogP contribution in [0.25, 0.3) is 11.0 Å². The number of nitrogens with zero attached hydrogens (tertiary/aromatic N) is 6. The van der Waals surface area contributed by atoms with Gasteiger partial charge in [-0.3, -0.25) is 9.97 Å². The van der Waals surface area contributed by atoms with E-state index in [4.69, 9.17) is 4.74 Å². The van der Waals surface area contributed by atoms with Gasteiger partial charge in [0.2, 0.25) is 0 Å². The summed E-state index contributed by atoms with van der Waals surface area (Å²) in [5.41, 5.74) is 1.48. The van der Waals surface area contributed by atoms with E-state index in [1.807, 2.05) is 17.2 Å². The summed E-state index contributed by atoms with van der Waals surface area (Å²) in [7, 11) is 0. The summed E-state index contributed by atoms with van der Waals surface area (Å²) in [5, 5.41) is 1.02. The van der Waals surface area contributed by atoms with Crippen molar-refractivity contribution < 1.29 is 9.53 Å². The van der Waals surface area contributed by atoms with E-state index >= 15 is 0 Å². The summed E-state index contributed by atoms with van der Waals surface area (Å²) in [4.78, 5) is 37.1. The van der Waals surface area contributed by atoms with Crippen molar-refractivity contribution in [3.63, 3.8) is 0 Å². The zero-order valence-corrected chi connectivity index (χ0v) is 15.4. The average molecular weight is 379 g/mol. The maximum atomic E-state index is 12.7. The minimum absolute atomic E-state index is 0.132. The maximum absolute atomic E-state index is 12.7. The molecule has 2 aliphatic heterocycles. The molecule has 5 rings (SSSR count). The number of rotatable bonds is 3. The zero-order chi connectivity index (χ0) is 18.9. The zero-order valence-electron chi connectivity index (χ0n) is 15.4. The molecule has 28 heavy (non-hydrogen) atoms. The predicted octanol–water partition coefficient (Wildman–Crippen LogP) is 2.13. The topological polar surface area (TPSA) is 100 Å². The second-order valence-corrected chi connectivity index (χ2v) is 7.14. The van der Waals surface area contributed by atoms with E-state index in [1.165, 1.54) is 0 Å². The molecule has 1 N–H and O–H groups in total. The first-order valence-corrected chi connectivity index (χ1v) is 9.54. The van der Waals surface area contributed by atoms with Crippen molar-refractivity contribution in [2.75, 3.05) is 18.0 Å². The fourth-order valence-electron chi connectivity index (χ4n) is 4.39. The molecule has 144 valence electrons. The molecule has 5 heterocycles. The molecule has 1 amide bonds. The van der Waals surface area contributed by atoms with Gasteiger partial charge in [0.15, 0.2) is 0 Å². The molecule has 3 aromatic rings. The van der Waals surface area contributed by atoms with E-state index in [1.54, 1.807) is 24.9 Å². The Morgan fingerprint density at radius 2 is 2.14 bits per heavy atom. The van der Waals surface area contributed by atoms with Gasteiger partial charge in [0.05, 0.1) is 29.4 Å². The lowest BCUT2D eigenvalue weighted by Gasteiger charge is -2.39. The third-order valence-corrected chi connectivity index (χ3v) is 5.61. The first-order valence-electron chi connectivity index (χ1n) is 9.54. The predicted molar refractivity (Wildman–Crippen MR) is 102 cm³/mol. The van der Waals surface area contributed by atoms with Gasteiger partial charge in [-0.15, -0.1) is 0 Å². The Kier molecular flexibility index (Phi) is 4.27. The van der Waals surface area contributed by atoms with Gasteiger partial charge >= 0.3 is 6.09 Å². The van der Waals surface area contributed by atoms with Crippen LogP contribution in [0.3, 0.4) is 0 Å². The summed E-state index contributed by atoms with van der Waals surface area (Å²) < 4.78 is 5.51. The first-order chi connectivity index (χ1) is 13.8. The molecule has 0 bridgehead atoms. The molecule has 0 radical (unpaired) electrons. The van der Waals surface area contributed by atoms with Crippen molar-refractivity contribution >= 4 is 22.9 Å². The van der Waals surface area contributed by atoms with Gasteiger partial charge in [0, 0.05) is 31.7 Å². The second-order valence-electron chi connectivity index (χ2n) is 7.14. The molecule has 0 saturated carbocycles. The minimum atomic E-state index is -0.281. The lowest BCUT2D eigenvalue weighted by molar-refractivity contribution is 0.0664. The number of piperidine rings is 1. The van der Waals surface area contributed by atoms with Crippen LogP contribution in [-0.4, -0.2) is 61.1 Å². The van der Waals surface area contributed by atoms with Gasteiger partial charge in [0.1, 0.15) is 24.4 Å². The van der Waals surface area contributed by atoms with E-state index in [9.17, 15) is 4.79 Å². The summed E-state index contributed by atoms with van der Waals surface area (Å²) in [5.74, 6) is 0.938. The van der Waals surface area contributed by atoms with E-state index < -0.39 is 0 Å². The van der Waals surface area contributed by atoms with Crippen LogP contribution in [0.15, 0.2) is 37.2 Å². The molecule has 2 aliphatic rings. The Bertz CT molecular complexity index is 977. The van der Waals surface area contributed by atoms with Crippen molar-refractivity contribution in [1.82, 2.24) is 29.8 Å². The second kappa shape index (κ2) is 7.06. The smallest absolute Gasteiger partial charge is 0.410 e. The molecular formula is C19H21N7O2. The molecule has 2 fully saturated rings. The Balaban J connectivity index is 1.32. The molecule has 0 aromatic carbocycles. The Labute approximate surface area is 161 Å². The molecular weight excluding hydrogens is 358 g/mol. The number of hydrogen-bond donors (Lipinski definition) is 1. The summed E-state index contributed by atoms with van der Waals surface area (Å²) >= 11 is 0. The number of H-pyrrole nitrogens is 1. The van der Waals surface area contributed by atoms with Gasteiger partial charge in [-0.1, -0.05) is 0 Å². The van der Waals surface area contributed by atoms with Crippen molar-refractivity contribution in [1.29, 1.82) is 0 Å². The number of likely N-dealkylation sites (tertiary alicyclic amines) is 1. The van der Waals surface area contributed by atoms with Crippen LogP contribution in [-0.2, 0) is 11.3 Å². The molecule has 2 saturated heterocycles. The van der Waals surface area contributed by atoms with Crippen LogP contribution in [0.2, 0.25) is 0 Å². The lowest BCUT2D eigenvalue weighted by atomic mass is 9.97. The monoisotopic (exact) mass is 379 g/mol. The maximum Gasteiger partial charge on any atom is 0.410 e. The van der Waals surface area contributed by atoms with E-state index in [-0.39, 0.29) is 24.8 Å². The van der Waals surface area contributed by atoms with Crippen molar-refractivity contribution in [2.45, 2.75) is 38.0 Å². The van der Waals surface area contributed by atoms with Crippen LogP contribution in [0, 0.1) is 0 Å². The molecule has 9 nitrogen and oxygen atoms in total. The standard InChI is InChI=1S/C19H21N7O2/c27-19(28-11-13-10-20-6-7-21-13)26-8-1-2-15-16(26)4-9-25(15)18-14-3-5-22-17(14)23-12-24-18/h3,5-7,10,12,15-16H,1-2,4,8-9,11H2,(H,22,23,24). The van der Waals surface area contributed by atoms with Gasteiger partial charge in [-0.05, 0) is 25.3 Å². The number of fused-ring (bicyclic) bond motifs is 2. The number of amides is 1. The lowest BCUT2D eigenvalue weighted by Crippen LogP contribution is -2.52. The molecule has 9 heteroatoms. The molecule has 0 spiro atoms. The van der Waals surface area contributed by atoms with Crippen molar-refractivity contribution in [2.24, 2.45) is 0 Å². The summed E-state index contributed by atoms with van der Waals surface area (Å²) in [6.45, 7) is 1.72. The summed E-state index contributed by atoms with van der Waals surface area (Å²) in [6, 6.07) is 2.38. The molecule has 2 atom stereocenters. The SMILES string of the molecule is O=C(OCc1cnccn1)N1CCCC2C1CCN2c1ncnc2[nH]ccc12. The van der Waals surface area contributed by atoms with Gasteiger partial charge < -0.3 is 19.5 Å². The minimum Gasteiger partial charge on any atom is -0.443 e. The van der Waals surface area contributed by atoms with Crippen LogP contribution in [0.5, 0.6) is 0 Å². The largest absolute Gasteiger partial charge is 0.443 e. The highest BCUT2D eigenvalue weighted by molar-refractivity contribution is 5.87. The van der Waals surface area contributed by atoms with Gasteiger partial charge in [0.25, 0.3) is 0 Å². The van der Waals surface area contributed by atoms with Crippen LogP contribution < -0.4 is 4.90 Å². The first kappa shape index (κ1) is 16.9. The van der Waals surface area contributed by atoms with Crippen LogP contribution in [0.4, 0.5) is 10.6 Å².